The molecule has 2 aromatic carbocycles. The maximum atomic E-state index is 11.8. The number of hydrogen-bond donors (Lipinski definition) is 1. The normalized spacial score (nSPS) is 10.8. The van der Waals surface area contributed by atoms with Crippen molar-refractivity contribution in [1.82, 2.24) is 5.43 Å². The molecule has 0 fully saturated rings. The molecule has 24 heavy (non-hydrogen) atoms. The van der Waals surface area contributed by atoms with Gasteiger partial charge in [0.1, 0.15) is 11.3 Å². The van der Waals surface area contributed by atoms with Gasteiger partial charge >= 0.3 is 5.63 Å². The molecule has 6 heteroatoms. The SMILES string of the molecule is O=C(COc1cc(=O)oc2ccccc12)NN=Cc1ccccc1. The fourth-order valence-electron chi connectivity index (χ4n) is 2.09. The third-order valence-electron chi connectivity index (χ3n) is 3.17. The second-order valence-electron chi connectivity index (χ2n) is 4.92. The monoisotopic (exact) mass is 322 g/mol. The first kappa shape index (κ1) is 15.5. The van der Waals surface area contributed by atoms with Crippen LogP contribution in [-0.2, 0) is 4.79 Å². The van der Waals surface area contributed by atoms with Crippen molar-refractivity contribution in [2.75, 3.05) is 6.61 Å². The zero-order valence-corrected chi connectivity index (χ0v) is 12.6. The van der Waals surface area contributed by atoms with Gasteiger partial charge in [-0.15, -0.1) is 0 Å². The van der Waals surface area contributed by atoms with Gasteiger partial charge in [0.05, 0.1) is 17.7 Å². The van der Waals surface area contributed by atoms with Crippen LogP contribution in [0.2, 0.25) is 0 Å². The van der Waals surface area contributed by atoms with E-state index in [0.29, 0.717) is 16.7 Å². The van der Waals surface area contributed by atoms with Crippen molar-refractivity contribution in [3.63, 3.8) is 0 Å². The Morgan fingerprint density at radius 1 is 1.12 bits per heavy atom. The third-order valence-corrected chi connectivity index (χ3v) is 3.17. The molecule has 120 valence electrons. The Kier molecular flexibility index (Phi) is 4.67. The quantitative estimate of drug-likeness (QED) is 0.444. The molecule has 3 aromatic rings. The van der Waals surface area contributed by atoms with Crippen LogP contribution in [0.1, 0.15) is 5.56 Å². The van der Waals surface area contributed by atoms with Crippen LogP contribution in [0.25, 0.3) is 11.0 Å². The van der Waals surface area contributed by atoms with E-state index in [4.69, 9.17) is 9.15 Å². The van der Waals surface area contributed by atoms with E-state index in [1.807, 2.05) is 30.3 Å². The van der Waals surface area contributed by atoms with Crippen molar-refractivity contribution < 1.29 is 13.9 Å². The summed E-state index contributed by atoms with van der Waals surface area (Å²) in [4.78, 5) is 23.3. The van der Waals surface area contributed by atoms with E-state index in [1.165, 1.54) is 12.3 Å². The molecule has 3 rings (SSSR count). The average molecular weight is 322 g/mol. The minimum absolute atomic E-state index is 0.264. The second-order valence-corrected chi connectivity index (χ2v) is 4.92. The van der Waals surface area contributed by atoms with Gasteiger partial charge in [0, 0.05) is 0 Å². The van der Waals surface area contributed by atoms with Gasteiger partial charge in [0.25, 0.3) is 5.91 Å². The lowest BCUT2D eigenvalue weighted by molar-refractivity contribution is -0.123. The largest absolute Gasteiger partial charge is 0.483 e. The molecular formula is C18H14N2O4. The molecule has 0 spiro atoms. The summed E-state index contributed by atoms with van der Waals surface area (Å²) >= 11 is 0. The van der Waals surface area contributed by atoms with Crippen LogP contribution in [0, 0.1) is 0 Å². The number of rotatable bonds is 5. The summed E-state index contributed by atoms with van der Waals surface area (Å²) in [6, 6.07) is 17.5. The van der Waals surface area contributed by atoms with Crippen LogP contribution < -0.4 is 15.8 Å². The van der Waals surface area contributed by atoms with Gasteiger partial charge in [-0.3, -0.25) is 4.79 Å². The number of fused-ring (bicyclic) bond motifs is 1. The minimum Gasteiger partial charge on any atom is -0.483 e. The first-order valence-electron chi connectivity index (χ1n) is 7.25. The van der Waals surface area contributed by atoms with Crippen LogP contribution in [0.5, 0.6) is 5.75 Å². The maximum absolute atomic E-state index is 11.8. The summed E-state index contributed by atoms with van der Waals surface area (Å²) in [5.41, 5.74) is 3.10. The van der Waals surface area contributed by atoms with Crippen LogP contribution in [0.3, 0.4) is 0 Å². The summed E-state index contributed by atoms with van der Waals surface area (Å²) in [5, 5.41) is 4.47. The Bertz CT molecular complexity index is 932. The predicted molar refractivity (Wildman–Crippen MR) is 90.2 cm³/mol. The predicted octanol–water partition coefficient (Wildman–Crippen LogP) is 2.32. The zero-order valence-electron chi connectivity index (χ0n) is 12.6. The number of ether oxygens (including phenoxy) is 1. The third kappa shape index (κ3) is 3.86. The van der Waals surface area contributed by atoms with Crippen LogP contribution >= 0.6 is 0 Å². The standard InChI is InChI=1S/C18H14N2O4/c21-17(20-19-11-13-6-2-1-3-7-13)12-23-16-10-18(22)24-15-9-5-4-8-14(15)16/h1-11H,12H2,(H,20,21). The molecule has 0 bridgehead atoms. The lowest BCUT2D eigenvalue weighted by atomic mass is 10.2. The Morgan fingerprint density at radius 3 is 2.71 bits per heavy atom. The Morgan fingerprint density at radius 2 is 1.88 bits per heavy atom. The summed E-state index contributed by atoms with van der Waals surface area (Å²) < 4.78 is 10.5. The molecule has 1 N–H and O–H groups in total. The van der Waals surface area contributed by atoms with E-state index in [9.17, 15) is 9.59 Å². The molecule has 0 unspecified atom stereocenters. The summed E-state index contributed by atoms with van der Waals surface area (Å²) in [6.45, 7) is -0.264. The first-order valence-corrected chi connectivity index (χ1v) is 7.25. The average Bonchev–Trinajstić information content (AvgIpc) is 2.60. The van der Waals surface area contributed by atoms with Gasteiger partial charge in [-0.05, 0) is 17.7 Å². The summed E-state index contributed by atoms with van der Waals surface area (Å²) in [7, 11) is 0. The first-order chi connectivity index (χ1) is 11.7. The lowest BCUT2D eigenvalue weighted by Gasteiger charge is -2.07. The second kappa shape index (κ2) is 7.23. The molecule has 1 heterocycles. The van der Waals surface area contributed by atoms with E-state index in [2.05, 4.69) is 10.5 Å². The minimum atomic E-state index is -0.536. The Balaban J connectivity index is 1.62. The van der Waals surface area contributed by atoms with E-state index in [1.54, 1.807) is 24.3 Å². The number of carbonyl (C=O) groups is 1. The van der Waals surface area contributed by atoms with Crippen molar-refractivity contribution in [3.8, 4) is 5.75 Å². The molecule has 1 aromatic heterocycles. The topological polar surface area (TPSA) is 80.9 Å². The van der Waals surface area contributed by atoms with E-state index in [0.717, 1.165) is 5.56 Å². The maximum Gasteiger partial charge on any atom is 0.339 e. The molecule has 6 nitrogen and oxygen atoms in total. The highest BCUT2D eigenvalue weighted by Crippen LogP contribution is 2.22. The molecule has 0 radical (unpaired) electrons. The molecule has 0 aliphatic heterocycles. The highest BCUT2D eigenvalue weighted by atomic mass is 16.5. The Hall–Kier alpha value is -3.41. The van der Waals surface area contributed by atoms with Crippen molar-refractivity contribution in [1.29, 1.82) is 0 Å². The van der Waals surface area contributed by atoms with Crippen molar-refractivity contribution in [2.24, 2.45) is 5.10 Å². The van der Waals surface area contributed by atoms with Gasteiger partial charge in [0.15, 0.2) is 6.61 Å². The van der Waals surface area contributed by atoms with Crippen LogP contribution in [-0.4, -0.2) is 18.7 Å². The fraction of sp³-hybridized carbons (Fsp3) is 0.0556. The van der Waals surface area contributed by atoms with Crippen molar-refractivity contribution in [2.45, 2.75) is 0 Å². The van der Waals surface area contributed by atoms with Gasteiger partial charge < -0.3 is 9.15 Å². The van der Waals surface area contributed by atoms with Gasteiger partial charge in [0.2, 0.25) is 0 Å². The van der Waals surface area contributed by atoms with Gasteiger partial charge in [-0.2, -0.15) is 5.10 Å². The molecule has 0 atom stereocenters. The van der Waals surface area contributed by atoms with Crippen molar-refractivity contribution in [3.05, 3.63) is 76.6 Å². The molecule has 0 aliphatic rings. The lowest BCUT2D eigenvalue weighted by Crippen LogP contribution is -2.24. The van der Waals surface area contributed by atoms with Gasteiger partial charge in [-0.1, -0.05) is 42.5 Å². The highest BCUT2D eigenvalue weighted by Gasteiger charge is 2.08. The molecule has 1 amide bonds. The number of nitrogens with one attached hydrogen (secondary N) is 1. The van der Waals surface area contributed by atoms with Crippen molar-refractivity contribution >= 4 is 23.1 Å². The summed E-state index contributed by atoms with van der Waals surface area (Å²) in [5.74, 6) is -0.136. The molecule has 0 saturated heterocycles. The van der Waals surface area contributed by atoms with E-state index < -0.39 is 11.5 Å². The highest BCUT2D eigenvalue weighted by molar-refractivity contribution is 5.85. The number of hydrogen-bond acceptors (Lipinski definition) is 5. The number of amides is 1. The van der Waals surface area contributed by atoms with E-state index in [-0.39, 0.29) is 6.61 Å². The molecule has 0 aliphatic carbocycles. The Labute approximate surface area is 137 Å². The smallest absolute Gasteiger partial charge is 0.339 e. The fourth-order valence-corrected chi connectivity index (χ4v) is 2.09. The number of carbonyl (C=O) groups excluding carboxylic acids is 1. The van der Waals surface area contributed by atoms with Crippen LogP contribution in [0.15, 0.2) is 75.0 Å². The van der Waals surface area contributed by atoms with Gasteiger partial charge in [-0.25, -0.2) is 10.2 Å². The molecular weight excluding hydrogens is 308 g/mol. The molecule has 0 saturated carbocycles. The number of hydrazone groups is 1. The summed E-state index contributed by atoms with van der Waals surface area (Å²) in [6.07, 6.45) is 1.53. The van der Waals surface area contributed by atoms with Crippen LogP contribution in [0.4, 0.5) is 0 Å². The number of benzene rings is 2. The number of para-hydroxylation sites is 1. The van der Waals surface area contributed by atoms with E-state index >= 15 is 0 Å². The zero-order chi connectivity index (χ0) is 16.8. The number of nitrogens with zero attached hydrogens (tertiary/aromatic N) is 1.